The number of likely N-dealkylation sites (tertiary alicyclic amines) is 1. The summed E-state index contributed by atoms with van der Waals surface area (Å²) in [4.78, 5) is 24.0. The third-order valence-corrected chi connectivity index (χ3v) is 7.90. The number of rotatable bonds is 4. The van der Waals surface area contributed by atoms with Crippen molar-refractivity contribution in [3.8, 4) is 17.1 Å². The van der Waals surface area contributed by atoms with Crippen LogP contribution < -0.4 is 5.32 Å². The van der Waals surface area contributed by atoms with Crippen LogP contribution in [0.15, 0.2) is 66.0 Å². The lowest BCUT2D eigenvalue weighted by molar-refractivity contribution is 0.0716. The molecule has 0 aliphatic carbocycles. The van der Waals surface area contributed by atoms with E-state index in [0.717, 1.165) is 19.2 Å². The lowest BCUT2D eigenvalue weighted by Crippen LogP contribution is -2.46. The highest BCUT2D eigenvalue weighted by atomic mass is 32.2. The molecule has 178 valence electrons. The summed E-state index contributed by atoms with van der Waals surface area (Å²) in [5, 5.41) is 3.87. The largest absolute Gasteiger partial charge is 0.333 e. The van der Waals surface area contributed by atoms with Gasteiger partial charge >= 0.3 is 0 Å². The van der Waals surface area contributed by atoms with Gasteiger partial charge in [0.05, 0.1) is 10.4 Å². The molecule has 10 heteroatoms. The van der Waals surface area contributed by atoms with Crippen molar-refractivity contribution in [1.82, 2.24) is 24.8 Å². The highest BCUT2D eigenvalue weighted by Crippen LogP contribution is 2.31. The van der Waals surface area contributed by atoms with Crippen LogP contribution in [0, 0.1) is 5.82 Å². The van der Waals surface area contributed by atoms with Gasteiger partial charge in [0.1, 0.15) is 5.82 Å². The van der Waals surface area contributed by atoms with Crippen molar-refractivity contribution in [3.63, 3.8) is 0 Å². The fraction of sp³-hybridized carbons (Fsp3) is 0.240. The van der Waals surface area contributed by atoms with Crippen LogP contribution in [0.5, 0.6) is 0 Å². The van der Waals surface area contributed by atoms with E-state index in [1.165, 1.54) is 24.7 Å². The van der Waals surface area contributed by atoms with Crippen LogP contribution in [0.3, 0.4) is 0 Å². The predicted octanol–water partition coefficient (Wildman–Crippen LogP) is 2.82. The number of aromatic nitrogens is 3. The first-order valence-electron chi connectivity index (χ1n) is 11.3. The third kappa shape index (κ3) is 3.69. The summed E-state index contributed by atoms with van der Waals surface area (Å²) in [6.45, 7) is 1.45. The minimum atomic E-state index is -3.56. The lowest BCUT2D eigenvalue weighted by atomic mass is 10.1. The van der Waals surface area contributed by atoms with Crippen LogP contribution >= 0.6 is 0 Å². The van der Waals surface area contributed by atoms with Gasteiger partial charge in [0.2, 0.25) is 5.95 Å². The molecule has 35 heavy (non-hydrogen) atoms. The summed E-state index contributed by atoms with van der Waals surface area (Å²) in [5.74, 6) is -0.243. The fourth-order valence-electron chi connectivity index (χ4n) is 5.05. The van der Waals surface area contributed by atoms with E-state index >= 15 is 0 Å². The quantitative estimate of drug-likeness (QED) is 0.472. The number of nitrogens with zero attached hydrogens (tertiary/aromatic N) is 4. The Balaban J connectivity index is 1.44. The zero-order valence-electron chi connectivity index (χ0n) is 18.8. The number of amides is 1. The summed E-state index contributed by atoms with van der Waals surface area (Å²) in [6.07, 6.45) is 6.55. The van der Waals surface area contributed by atoms with Crippen LogP contribution in [-0.2, 0) is 9.84 Å². The highest BCUT2D eigenvalue weighted by Gasteiger charge is 2.40. The van der Waals surface area contributed by atoms with Gasteiger partial charge < -0.3 is 10.2 Å². The molecule has 0 unspecified atom stereocenters. The average Bonchev–Trinajstić information content (AvgIpc) is 3.58. The molecule has 2 aliphatic rings. The number of nitrogens with one attached hydrogen (secondary N) is 1. The molecule has 1 N–H and O–H groups in total. The molecule has 2 aliphatic heterocycles. The van der Waals surface area contributed by atoms with Gasteiger partial charge in [0.15, 0.2) is 9.84 Å². The molecule has 2 bridgehead atoms. The standard InChI is InChI=1S/C25H22FN5O3S/c1-35(33,34)23-14-31(25-28-10-16(11-29-25)19-4-2-3-5-21(19)26)22-8-15(6-7-20(22)23)24(32)30-13-17-9-18(30)12-27-17/h2-8,10-11,14,17-18,27H,9,12-13H2,1H3/t17-,18-/m0/s1. The summed E-state index contributed by atoms with van der Waals surface area (Å²) < 4.78 is 40.7. The molecule has 2 aromatic heterocycles. The number of halogens is 1. The molecule has 8 nitrogen and oxygen atoms in total. The van der Waals surface area contributed by atoms with Crippen molar-refractivity contribution in [2.45, 2.75) is 23.4 Å². The maximum absolute atomic E-state index is 14.2. The molecule has 0 spiro atoms. The second-order valence-corrected chi connectivity index (χ2v) is 11.1. The van der Waals surface area contributed by atoms with E-state index in [4.69, 9.17) is 0 Å². The summed E-state index contributed by atoms with van der Waals surface area (Å²) in [6, 6.07) is 11.9. The molecule has 4 aromatic rings. The molecular formula is C25H22FN5O3S. The number of carbonyl (C=O) groups is 1. The number of fused-ring (bicyclic) bond motifs is 3. The Morgan fingerprint density at radius 2 is 1.91 bits per heavy atom. The minimum absolute atomic E-state index is 0.0784. The predicted molar refractivity (Wildman–Crippen MR) is 129 cm³/mol. The highest BCUT2D eigenvalue weighted by molar-refractivity contribution is 7.91. The zero-order valence-corrected chi connectivity index (χ0v) is 19.7. The molecule has 2 saturated heterocycles. The van der Waals surface area contributed by atoms with Crippen molar-refractivity contribution in [2.75, 3.05) is 19.3 Å². The Morgan fingerprint density at radius 1 is 1.14 bits per heavy atom. The fourth-order valence-corrected chi connectivity index (χ4v) is 5.91. The number of hydrogen-bond acceptors (Lipinski definition) is 6. The third-order valence-electron chi connectivity index (χ3n) is 6.77. The lowest BCUT2D eigenvalue weighted by Gasteiger charge is -2.27. The smallest absolute Gasteiger partial charge is 0.254 e. The van der Waals surface area contributed by atoms with Gasteiger partial charge in [0, 0.05) is 72.1 Å². The van der Waals surface area contributed by atoms with E-state index < -0.39 is 9.84 Å². The van der Waals surface area contributed by atoms with Gasteiger partial charge in [0.25, 0.3) is 5.91 Å². The van der Waals surface area contributed by atoms with E-state index in [1.807, 2.05) is 4.90 Å². The van der Waals surface area contributed by atoms with E-state index in [0.29, 0.717) is 40.2 Å². The molecule has 0 saturated carbocycles. The molecule has 2 atom stereocenters. The first kappa shape index (κ1) is 21.9. The topological polar surface area (TPSA) is 97.2 Å². The first-order valence-corrected chi connectivity index (χ1v) is 13.2. The van der Waals surface area contributed by atoms with E-state index in [1.54, 1.807) is 41.0 Å². The van der Waals surface area contributed by atoms with Crippen LogP contribution in [0.25, 0.3) is 28.0 Å². The van der Waals surface area contributed by atoms with Crippen molar-refractivity contribution in [3.05, 3.63) is 72.4 Å². The summed E-state index contributed by atoms with van der Waals surface area (Å²) in [5.41, 5.74) is 1.86. The Labute approximate surface area is 201 Å². The molecule has 0 radical (unpaired) electrons. The second-order valence-electron chi connectivity index (χ2n) is 9.07. The summed E-state index contributed by atoms with van der Waals surface area (Å²) in [7, 11) is -3.56. The van der Waals surface area contributed by atoms with E-state index in [-0.39, 0.29) is 28.6 Å². The number of sulfone groups is 1. The maximum atomic E-state index is 14.2. The van der Waals surface area contributed by atoms with Gasteiger partial charge in [-0.2, -0.15) is 0 Å². The number of piperazine rings is 1. The zero-order chi connectivity index (χ0) is 24.3. The number of hydrogen-bond donors (Lipinski definition) is 1. The van der Waals surface area contributed by atoms with Gasteiger partial charge in [-0.15, -0.1) is 0 Å². The number of benzene rings is 2. The van der Waals surface area contributed by atoms with Crippen molar-refractivity contribution in [1.29, 1.82) is 0 Å². The Morgan fingerprint density at radius 3 is 2.57 bits per heavy atom. The van der Waals surface area contributed by atoms with Gasteiger partial charge in [-0.25, -0.2) is 22.8 Å². The second kappa shape index (κ2) is 7.96. The van der Waals surface area contributed by atoms with Crippen molar-refractivity contribution >= 4 is 26.6 Å². The van der Waals surface area contributed by atoms with E-state index in [9.17, 15) is 17.6 Å². The van der Waals surface area contributed by atoms with Gasteiger partial charge in [-0.05, 0) is 24.6 Å². The Kier molecular flexibility index (Phi) is 4.97. The average molecular weight is 492 g/mol. The van der Waals surface area contributed by atoms with Crippen LogP contribution in [0.1, 0.15) is 16.8 Å². The Hall–Kier alpha value is -3.63. The molecular weight excluding hydrogens is 469 g/mol. The SMILES string of the molecule is CS(=O)(=O)c1cn(-c2ncc(-c3ccccc3F)cn2)c2cc(C(=O)N3C[C@@H]4C[C@H]3CN4)ccc12. The molecule has 2 fully saturated rings. The van der Waals surface area contributed by atoms with Crippen LogP contribution in [0.4, 0.5) is 4.39 Å². The normalized spacial score (nSPS) is 19.5. The summed E-state index contributed by atoms with van der Waals surface area (Å²) >= 11 is 0. The van der Waals surface area contributed by atoms with Crippen molar-refractivity contribution in [2.24, 2.45) is 0 Å². The first-order chi connectivity index (χ1) is 16.8. The molecule has 1 amide bonds. The van der Waals surface area contributed by atoms with Crippen molar-refractivity contribution < 1.29 is 17.6 Å². The minimum Gasteiger partial charge on any atom is -0.333 e. The molecule has 2 aromatic carbocycles. The van der Waals surface area contributed by atoms with E-state index in [2.05, 4.69) is 15.3 Å². The Bertz CT molecular complexity index is 1580. The monoisotopic (exact) mass is 491 g/mol. The molecule has 6 rings (SSSR count). The van der Waals surface area contributed by atoms with Gasteiger partial charge in [-0.1, -0.05) is 24.3 Å². The number of carbonyl (C=O) groups excluding carboxylic acids is 1. The van der Waals surface area contributed by atoms with Gasteiger partial charge in [-0.3, -0.25) is 9.36 Å². The maximum Gasteiger partial charge on any atom is 0.254 e. The van der Waals surface area contributed by atoms with Crippen LogP contribution in [0.2, 0.25) is 0 Å². The molecule has 4 heterocycles. The van der Waals surface area contributed by atoms with Crippen LogP contribution in [-0.4, -0.2) is 65.2 Å².